The second kappa shape index (κ2) is 10.0. The third kappa shape index (κ3) is 8.37. The Balaban J connectivity index is 4.88. The van der Waals surface area contributed by atoms with E-state index in [4.69, 9.17) is 4.74 Å². The Hall–Kier alpha value is -1.85. The van der Waals surface area contributed by atoms with Crippen molar-refractivity contribution >= 4 is 26.0 Å². The molecule has 23 heavy (non-hydrogen) atoms. The molecule has 0 radical (unpaired) electrons. The molecule has 0 heterocycles. The molecule has 0 saturated heterocycles. The lowest BCUT2D eigenvalue weighted by Gasteiger charge is -2.18. The second-order valence-corrected chi connectivity index (χ2v) is 10.3. The molecule has 1 atom stereocenters. The van der Waals surface area contributed by atoms with E-state index in [0.29, 0.717) is 0 Å². The van der Waals surface area contributed by atoms with E-state index in [1.807, 2.05) is 19.6 Å². The second-order valence-electron chi connectivity index (χ2n) is 5.59. The summed E-state index contributed by atoms with van der Waals surface area (Å²) in [6.07, 6.45) is -2.00. The Labute approximate surface area is 137 Å². The molecule has 0 aliphatic heterocycles. The molecule has 1 unspecified atom stereocenters. The van der Waals surface area contributed by atoms with Crippen LogP contribution >= 0.6 is 0 Å². The fourth-order valence-electron chi connectivity index (χ4n) is 1.45. The number of rotatable bonds is 7. The van der Waals surface area contributed by atoms with E-state index >= 15 is 0 Å². The number of aliphatic hydroxyl groups is 1. The van der Waals surface area contributed by atoms with Gasteiger partial charge in [0, 0.05) is 0 Å². The molecule has 0 amide bonds. The molecular weight excluding hydrogens is 320 g/mol. The monoisotopic (exact) mass is 344 g/mol. The lowest BCUT2D eigenvalue weighted by molar-refractivity contribution is -0.175. The van der Waals surface area contributed by atoms with Crippen LogP contribution in [0.15, 0.2) is 0 Å². The average Bonchev–Trinajstić information content (AvgIpc) is 2.43. The van der Waals surface area contributed by atoms with Crippen molar-refractivity contribution < 1.29 is 33.7 Å². The van der Waals surface area contributed by atoms with Gasteiger partial charge in [0.2, 0.25) is 0 Å². The zero-order chi connectivity index (χ0) is 18.0. The Bertz CT molecular complexity index is 466. The Morgan fingerprint density at radius 3 is 1.83 bits per heavy atom. The van der Waals surface area contributed by atoms with Crippen molar-refractivity contribution in [1.29, 1.82) is 0 Å². The van der Waals surface area contributed by atoms with Gasteiger partial charge in [0.1, 0.15) is 8.07 Å². The van der Waals surface area contributed by atoms with E-state index < -0.39 is 38.0 Å². The maximum Gasteiger partial charge on any atom is 0.337 e. The van der Waals surface area contributed by atoms with Crippen molar-refractivity contribution in [3.05, 3.63) is 0 Å². The smallest absolute Gasteiger partial charge is 0.337 e. The van der Waals surface area contributed by atoms with Gasteiger partial charge in [-0.2, -0.15) is 0 Å². The van der Waals surface area contributed by atoms with Gasteiger partial charge in [-0.1, -0.05) is 25.6 Å². The maximum absolute atomic E-state index is 11.8. The molecule has 0 aliphatic rings. The lowest BCUT2D eigenvalue weighted by atomic mass is 10.0. The van der Waals surface area contributed by atoms with Crippen molar-refractivity contribution in [3.8, 4) is 11.5 Å². The van der Waals surface area contributed by atoms with Gasteiger partial charge in [0.15, 0.2) is 18.6 Å². The van der Waals surface area contributed by atoms with Gasteiger partial charge >= 0.3 is 17.9 Å². The molecule has 8 heteroatoms. The predicted molar refractivity (Wildman–Crippen MR) is 84.8 cm³/mol. The molecule has 0 spiro atoms. The zero-order valence-corrected chi connectivity index (χ0v) is 15.2. The minimum absolute atomic E-state index is 0.00179. The number of hydrogen-bond acceptors (Lipinski definition) is 7. The first-order chi connectivity index (χ1) is 10.6. The number of esters is 3. The molecule has 0 aliphatic carbocycles. The third-order valence-electron chi connectivity index (χ3n) is 2.39. The quantitative estimate of drug-likeness (QED) is 0.236. The van der Waals surface area contributed by atoms with Crippen LogP contribution in [0.25, 0.3) is 0 Å². The predicted octanol–water partition coefficient (Wildman–Crippen LogP) is 0.514. The highest BCUT2D eigenvalue weighted by atomic mass is 28.3. The van der Waals surface area contributed by atoms with Crippen molar-refractivity contribution in [2.75, 3.05) is 19.8 Å². The molecule has 7 nitrogen and oxygen atoms in total. The molecule has 0 saturated carbocycles. The first-order valence-corrected chi connectivity index (χ1v) is 10.8. The fourth-order valence-corrected chi connectivity index (χ4v) is 2.05. The van der Waals surface area contributed by atoms with Crippen molar-refractivity contribution in [3.63, 3.8) is 0 Å². The summed E-state index contributed by atoms with van der Waals surface area (Å²) in [6, 6.07) is 0. The Kier molecular flexibility index (Phi) is 9.21. The summed E-state index contributed by atoms with van der Waals surface area (Å²) in [4.78, 5) is 35.3. The molecule has 0 aromatic heterocycles. The molecule has 0 rings (SSSR count). The normalized spacial score (nSPS) is 12.0. The van der Waals surface area contributed by atoms with E-state index in [2.05, 4.69) is 20.9 Å². The largest absolute Gasteiger partial charge is 0.465 e. The van der Waals surface area contributed by atoms with Crippen molar-refractivity contribution in [2.24, 2.45) is 5.92 Å². The van der Waals surface area contributed by atoms with E-state index in [9.17, 15) is 19.5 Å². The zero-order valence-electron chi connectivity index (χ0n) is 14.2. The van der Waals surface area contributed by atoms with Crippen LogP contribution in [-0.4, -0.2) is 57.0 Å². The Morgan fingerprint density at radius 1 is 0.957 bits per heavy atom. The van der Waals surface area contributed by atoms with E-state index in [1.165, 1.54) is 13.8 Å². The van der Waals surface area contributed by atoms with Gasteiger partial charge in [-0.25, -0.2) is 4.79 Å². The van der Waals surface area contributed by atoms with Crippen LogP contribution in [0.4, 0.5) is 0 Å². The van der Waals surface area contributed by atoms with Crippen LogP contribution in [0.5, 0.6) is 0 Å². The molecule has 130 valence electrons. The summed E-state index contributed by atoms with van der Waals surface area (Å²) in [5.74, 6) is -2.29. The third-order valence-corrected chi connectivity index (χ3v) is 3.32. The highest BCUT2D eigenvalue weighted by Crippen LogP contribution is 2.11. The summed E-state index contributed by atoms with van der Waals surface area (Å²) < 4.78 is 14.1. The summed E-state index contributed by atoms with van der Waals surface area (Å²) in [5.41, 5.74) is 2.98. The van der Waals surface area contributed by atoms with Gasteiger partial charge in [0.25, 0.3) is 0 Å². The first-order valence-electron chi connectivity index (χ1n) is 7.32. The molecule has 0 bridgehead atoms. The summed E-state index contributed by atoms with van der Waals surface area (Å²) in [5, 5.41) is 9.92. The van der Waals surface area contributed by atoms with Crippen LogP contribution in [0.1, 0.15) is 13.8 Å². The number of hydrogen-bond donors (Lipinski definition) is 1. The van der Waals surface area contributed by atoms with Crippen molar-refractivity contribution in [2.45, 2.75) is 39.6 Å². The van der Waals surface area contributed by atoms with Gasteiger partial charge in [0.05, 0.1) is 13.2 Å². The number of ether oxygens (including phenoxy) is 3. The minimum Gasteiger partial charge on any atom is -0.465 e. The SMILES string of the molecule is CCOC(=O)C(C(=O)OCC)C(O)C(=O)OCC#C[Si](C)(C)C. The van der Waals surface area contributed by atoms with Crippen LogP contribution in [0.2, 0.25) is 19.6 Å². The summed E-state index contributed by atoms with van der Waals surface area (Å²) >= 11 is 0. The molecular formula is C15H24O7Si. The number of carbonyl (C=O) groups excluding carboxylic acids is 3. The molecule has 1 N–H and O–H groups in total. The fraction of sp³-hybridized carbons (Fsp3) is 0.667. The van der Waals surface area contributed by atoms with Gasteiger partial charge < -0.3 is 19.3 Å². The minimum atomic E-state index is -2.00. The van der Waals surface area contributed by atoms with E-state index in [1.54, 1.807) is 0 Å². The highest BCUT2D eigenvalue weighted by Gasteiger charge is 2.41. The van der Waals surface area contributed by atoms with Gasteiger partial charge in [-0.3, -0.25) is 9.59 Å². The topological polar surface area (TPSA) is 99.1 Å². The summed E-state index contributed by atoms with van der Waals surface area (Å²) in [6.45, 7) is 8.92. The van der Waals surface area contributed by atoms with Crippen LogP contribution < -0.4 is 0 Å². The maximum atomic E-state index is 11.8. The van der Waals surface area contributed by atoms with Gasteiger partial charge in [-0.05, 0) is 13.8 Å². The lowest BCUT2D eigenvalue weighted by Crippen LogP contribution is -2.43. The van der Waals surface area contributed by atoms with Crippen LogP contribution in [-0.2, 0) is 28.6 Å². The number of aliphatic hydroxyl groups excluding tert-OH is 1. The average molecular weight is 344 g/mol. The molecule has 0 fully saturated rings. The van der Waals surface area contributed by atoms with E-state index in [-0.39, 0.29) is 19.8 Å². The van der Waals surface area contributed by atoms with E-state index in [0.717, 1.165) is 0 Å². The highest BCUT2D eigenvalue weighted by molar-refractivity contribution is 6.83. The van der Waals surface area contributed by atoms with Gasteiger partial charge in [-0.15, -0.1) is 5.54 Å². The van der Waals surface area contributed by atoms with Crippen LogP contribution in [0, 0.1) is 17.4 Å². The van der Waals surface area contributed by atoms with Crippen molar-refractivity contribution in [1.82, 2.24) is 0 Å². The summed E-state index contributed by atoms with van der Waals surface area (Å²) in [7, 11) is -1.60. The molecule has 0 aromatic carbocycles. The molecule has 0 aromatic rings. The standard InChI is InChI=1S/C15H24O7Si/c1-6-20-13(17)11(14(18)21-7-2)12(16)15(19)22-9-8-10-23(3,4)5/h11-12,16H,6-7,9H2,1-5H3. The van der Waals surface area contributed by atoms with Crippen LogP contribution in [0.3, 0.4) is 0 Å². The Morgan fingerprint density at radius 2 is 1.43 bits per heavy atom. The number of carbonyl (C=O) groups is 3. The first kappa shape index (κ1) is 21.1.